The Hall–Kier alpha value is -1.53. The Labute approximate surface area is 113 Å². The zero-order valence-electron chi connectivity index (χ0n) is 10.0. The van der Waals surface area contributed by atoms with Crippen LogP contribution in [0.5, 0.6) is 5.75 Å². The number of methoxy groups -OCH3 is 2. The number of nitrogens with one attached hydrogen (secondary N) is 1. The Morgan fingerprint density at radius 2 is 2.22 bits per heavy atom. The van der Waals surface area contributed by atoms with Crippen LogP contribution in [-0.2, 0) is 4.74 Å². The second-order valence-corrected chi connectivity index (χ2v) is 4.78. The number of halogens is 1. The van der Waals surface area contributed by atoms with E-state index >= 15 is 0 Å². The van der Waals surface area contributed by atoms with E-state index in [1.54, 1.807) is 7.05 Å². The minimum atomic E-state index is -0.491. The summed E-state index contributed by atoms with van der Waals surface area (Å²) in [5.41, 5.74) is 0.902. The minimum absolute atomic E-state index is 0.295. The fourth-order valence-corrected chi connectivity index (χ4v) is 2.86. The summed E-state index contributed by atoms with van der Waals surface area (Å²) in [4.78, 5) is 16.0. The van der Waals surface area contributed by atoms with E-state index in [2.05, 4.69) is 10.3 Å². The highest BCUT2D eigenvalue weighted by molar-refractivity contribution is 7.22. The van der Waals surface area contributed by atoms with Crippen molar-refractivity contribution in [1.29, 1.82) is 0 Å². The van der Waals surface area contributed by atoms with Gasteiger partial charge in [-0.2, -0.15) is 0 Å². The van der Waals surface area contributed by atoms with Crippen molar-refractivity contribution in [3.05, 3.63) is 16.7 Å². The lowest BCUT2D eigenvalue weighted by Gasteiger charge is -2.08. The largest absolute Gasteiger partial charge is 0.494 e. The Bertz CT molecular complexity index is 612. The number of benzene rings is 1. The molecule has 2 rings (SSSR count). The maximum atomic E-state index is 11.7. The number of thiazole rings is 1. The van der Waals surface area contributed by atoms with Crippen molar-refractivity contribution in [2.24, 2.45) is 0 Å². The first kappa shape index (κ1) is 12.9. The molecule has 0 aliphatic heterocycles. The molecule has 0 aliphatic carbocycles. The number of ether oxygens (including phenoxy) is 2. The number of aromatic nitrogens is 1. The van der Waals surface area contributed by atoms with Crippen molar-refractivity contribution in [3.8, 4) is 5.75 Å². The molecule has 7 heteroatoms. The molecule has 1 aromatic carbocycles. The van der Waals surface area contributed by atoms with Crippen molar-refractivity contribution >= 4 is 44.3 Å². The van der Waals surface area contributed by atoms with Gasteiger partial charge in [0.1, 0.15) is 15.8 Å². The van der Waals surface area contributed by atoms with Gasteiger partial charge >= 0.3 is 5.97 Å². The number of hydrogen-bond acceptors (Lipinski definition) is 6. The monoisotopic (exact) mass is 286 g/mol. The Kier molecular flexibility index (Phi) is 3.58. The number of carbonyl (C=O) groups excluding carboxylic acids is 1. The van der Waals surface area contributed by atoms with Crippen LogP contribution in [0, 0.1) is 0 Å². The molecular weight excluding hydrogens is 276 g/mol. The van der Waals surface area contributed by atoms with E-state index in [0.29, 0.717) is 27.0 Å². The van der Waals surface area contributed by atoms with Gasteiger partial charge in [-0.25, -0.2) is 9.78 Å². The summed E-state index contributed by atoms with van der Waals surface area (Å²) in [7, 11) is 4.57. The standard InChI is InChI=1S/C11H11ClN2O3S/c1-13-11-14-7-6(12)4-5(10(15)17-3)8(16-2)9(7)18-11/h4H,1-3H3,(H,13,14). The highest BCUT2D eigenvalue weighted by atomic mass is 35.5. The van der Waals surface area contributed by atoms with Crippen molar-refractivity contribution in [3.63, 3.8) is 0 Å². The summed E-state index contributed by atoms with van der Waals surface area (Å²) in [6.45, 7) is 0. The van der Waals surface area contributed by atoms with Gasteiger partial charge in [-0.05, 0) is 6.07 Å². The Balaban J connectivity index is 2.77. The fraction of sp³-hybridized carbons (Fsp3) is 0.273. The molecule has 0 fully saturated rings. The summed E-state index contributed by atoms with van der Waals surface area (Å²) in [5.74, 6) is -0.0599. The first-order chi connectivity index (χ1) is 8.62. The normalized spacial score (nSPS) is 10.4. The molecule has 0 amide bonds. The molecule has 0 aliphatic rings. The zero-order valence-corrected chi connectivity index (χ0v) is 11.6. The summed E-state index contributed by atoms with van der Waals surface area (Å²) in [5, 5.41) is 4.03. The van der Waals surface area contributed by atoms with E-state index in [4.69, 9.17) is 21.1 Å². The number of hydrogen-bond donors (Lipinski definition) is 1. The smallest absolute Gasteiger partial charge is 0.341 e. The van der Waals surface area contributed by atoms with E-state index in [0.717, 1.165) is 4.70 Å². The molecule has 5 nitrogen and oxygen atoms in total. The van der Waals surface area contributed by atoms with Crippen molar-refractivity contribution < 1.29 is 14.3 Å². The molecule has 0 radical (unpaired) electrons. The van der Waals surface area contributed by atoms with Gasteiger partial charge in [-0.15, -0.1) is 0 Å². The zero-order chi connectivity index (χ0) is 13.3. The van der Waals surface area contributed by atoms with E-state index < -0.39 is 5.97 Å². The van der Waals surface area contributed by atoms with E-state index in [9.17, 15) is 4.79 Å². The predicted molar refractivity (Wildman–Crippen MR) is 72.1 cm³/mol. The number of nitrogens with zero attached hydrogens (tertiary/aromatic N) is 1. The predicted octanol–water partition coefficient (Wildman–Crippen LogP) is 2.79. The third kappa shape index (κ3) is 1.97. The average molecular weight is 287 g/mol. The van der Waals surface area contributed by atoms with Gasteiger partial charge in [0.05, 0.1) is 19.2 Å². The van der Waals surface area contributed by atoms with Gasteiger partial charge in [0, 0.05) is 7.05 Å². The van der Waals surface area contributed by atoms with Crippen LogP contribution < -0.4 is 10.1 Å². The van der Waals surface area contributed by atoms with E-state index in [-0.39, 0.29) is 0 Å². The van der Waals surface area contributed by atoms with Gasteiger partial charge in [0.15, 0.2) is 10.9 Å². The lowest BCUT2D eigenvalue weighted by Crippen LogP contribution is -2.04. The average Bonchev–Trinajstić information content (AvgIpc) is 2.82. The summed E-state index contributed by atoms with van der Waals surface area (Å²) < 4.78 is 10.7. The third-order valence-corrected chi connectivity index (χ3v) is 3.76. The number of carbonyl (C=O) groups is 1. The number of esters is 1. The van der Waals surface area contributed by atoms with Gasteiger partial charge in [0.25, 0.3) is 0 Å². The van der Waals surface area contributed by atoms with Crippen LogP contribution in [0.1, 0.15) is 10.4 Å². The second kappa shape index (κ2) is 4.99. The molecule has 0 saturated heterocycles. The molecule has 18 heavy (non-hydrogen) atoms. The van der Waals surface area contributed by atoms with Crippen molar-refractivity contribution in [2.75, 3.05) is 26.6 Å². The highest BCUT2D eigenvalue weighted by Gasteiger charge is 2.21. The number of fused-ring (bicyclic) bond motifs is 1. The fourth-order valence-electron chi connectivity index (χ4n) is 1.59. The molecule has 0 unspecified atom stereocenters. The summed E-state index contributed by atoms with van der Waals surface area (Å²) in [6, 6.07) is 1.51. The van der Waals surface area contributed by atoms with Crippen LogP contribution in [-0.4, -0.2) is 32.2 Å². The molecule has 0 spiro atoms. The number of rotatable bonds is 3. The number of anilines is 1. The SMILES string of the molecule is CNc1nc2c(Cl)cc(C(=O)OC)c(OC)c2s1. The lowest BCUT2D eigenvalue weighted by atomic mass is 10.2. The Morgan fingerprint density at radius 3 is 2.78 bits per heavy atom. The molecule has 0 bridgehead atoms. The summed E-state index contributed by atoms with van der Waals surface area (Å²) in [6.07, 6.45) is 0. The first-order valence-electron chi connectivity index (χ1n) is 5.05. The minimum Gasteiger partial charge on any atom is -0.494 e. The third-order valence-electron chi connectivity index (χ3n) is 2.40. The van der Waals surface area contributed by atoms with Gasteiger partial charge in [-0.1, -0.05) is 22.9 Å². The lowest BCUT2D eigenvalue weighted by molar-refractivity contribution is 0.0597. The highest BCUT2D eigenvalue weighted by Crippen LogP contribution is 2.40. The van der Waals surface area contributed by atoms with Crippen LogP contribution >= 0.6 is 22.9 Å². The maximum absolute atomic E-state index is 11.7. The Morgan fingerprint density at radius 1 is 1.50 bits per heavy atom. The molecule has 2 aromatic rings. The molecule has 1 heterocycles. The topological polar surface area (TPSA) is 60.5 Å². The molecule has 0 saturated carbocycles. The molecule has 0 atom stereocenters. The first-order valence-corrected chi connectivity index (χ1v) is 6.25. The second-order valence-electron chi connectivity index (χ2n) is 3.38. The van der Waals surface area contributed by atoms with Crippen LogP contribution in [0.15, 0.2) is 6.07 Å². The van der Waals surface area contributed by atoms with Crippen LogP contribution in [0.4, 0.5) is 5.13 Å². The van der Waals surface area contributed by atoms with Crippen LogP contribution in [0.25, 0.3) is 10.2 Å². The van der Waals surface area contributed by atoms with Crippen molar-refractivity contribution in [2.45, 2.75) is 0 Å². The van der Waals surface area contributed by atoms with E-state index in [1.165, 1.54) is 31.6 Å². The quantitative estimate of drug-likeness (QED) is 0.879. The van der Waals surface area contributed by atoms with Gasteiger partial charge < -0.3 is 14.8 Å². The molecule has 96 valence electrons. The molecular formula is C11H11ClN2O3S. The molecule has 1 aromatic heterocycles. The van der Waals surface area contributed by atoms with Gasteiger partial charge in [0.2, 0.25) is 0 Å². The van der Waals surface area contributed by atoms with Gasteiger partial charge in [-0.3, -0.25) is 0 Å². The van der Waals surface area contributed by atoms with Crippen LogP contribution in [0.2, 0.25) is 5.02 Å². The summed E-state index contributed by atoms with van der Waals surface area (Å²) >= 11 is 7.48. The van der Waals surface area contributed by atoms with Crippen LogP contribution in [0.3, 0.4) is 0 Å². The van der Waals surface area contributed by atoms with E-state index in [1.807, 2.05) is 0 Å². The molecule has 1 N–H and O–H groups in total. The van der Waals surface area contributed by atoms with Crippen molar-refractivity contribution in [1.82, 2.24) is 4.98 Å². The maximum Gasteiger partial charge on any atom is 0.341 e.